The van der Waals surface area contributed by atoms with Crippen molar-refractivity contribution < 1.29 is 19.0 Å². The van der Waals surface area contributed by atoms with Gasteiger partial charge in [-0.3, -0.25) is 4.79 Å². The lowest BCUT2D eigenvalue weighted by molar-refractivity contribution is -0.0956. The first kappa shape index (κ1) is 18.4. The molecule has 27 heavy (non-hydrogen) atoms. The lowest BCUT2D eigenvalue weighted by Gasteiger charge is -2.33. The number of aromatic nitrogens is 1. The van der Waals surface area contributed by atoms with Crippen LogP contribution in [-0.4, -0.2) is 55.0 Å². The molecule has 0 saturated carbocycles. The van der Waals surface area contributed by atoms with Crippen LogP contribution < -0.4 is 4.74 Å². The fourth-order valence-electron chi connectivity index (χ4n) is 3.55. The van der Waals surface area contributed by atoms with Gasteiger partial charge in [0.1, 0.15) is 16.5 Å². The maximum Gasteiger partial charge on any atom is 0.273 e. The van der Waals surface area contributed by atoms with E-state index in [0.29, 0.717) is 31.4 Å². The highest BCUT2D eigenvalue weighted by atomic mass is 32.1. The fourth-order valence-corrected chi connectivity index (χ4v) is 4.35. The molecule has 2 fully saturated rings. The van der Waals surface area contributed by atoms with E-state index in [0.717, 1.165) is 42.3 Å². The Morgan fingerprint density at radius 3 is 2.59 bits per heavy atom. The van der Waals surface area contributed by atoms with Crippen LogP contribution in [0.25, 0.3) is 10.6 Å². The number of piperidine rings is 1. The maximum absolute atomic E-state index is 12.8. The first-order valence-corrected chi connectivity index (χ1v) is 10.3. The smallest absolute Gasteiger partial charge is 0.273 e. The number of amides is 1. The van der Waals surface area contributed by atoms with E-state index < -0.39 is 0 Å². The van der Waals surface area contributed by atoms with E-state index in [9.17, 15) is 4.79 Å². The third-order valence-corrected chi connectivity index (χ3v) is 5.89. The van der Waals surface area contributed by atoms with Crippen LogP contribution in [0.3, 0.4) is 0 Å². The number of carbonyl (C=O) groups excluding carboxylic acids is 1. The number of rotatable bonds is 5. The Balaban J connectivity index is 1.37. The Bertz CT molecular complexity index is 763. The molecule has 4 rings (SSSR count). The molecule has 3 heterocycles. The molecule has 1 amide bonds. The highest BCUT2D eigenvalue weighted by Crippen LogP contribution is 2.29. The average molecular weight is 388 g/mol. The fraction of sp³-hybridized carbons (Fsp3) is 0.500. The van der Waals surface area contributed by atoms with E-state index in [4.69, 9.17) is 14.2 Å². The van der Waals surface area contributed by atoms with Crippen molar-refractivity contribution in [1.29, 1.82) is 0 Å². The summed E-state index contributed by atoms with van der Waals surface area (Å²) in [6.07, 6.45) is 1.73. The molecule has 6 nitrogen and oxygen atoms in total. The molecule has 1 aromatic heterocycles. The summed E-state index contributed by atoms with van der Waals surface area (Å²) in [7, 11) is 0. The van der Waals surface area contributed by atoms with Crippen LogP contribution in [-0.2, 0) is 9.47 Å². The topological polar surface area (TPSA) is 60.9 Å². The van der Waals surface area contributed by atoms with Crippen molar-refractivity contribution in [2.75, 3.05) is 32.9 Å². The van der Waals surface area contributed by atoms with E-state index in [1.165, 1.54) is 11.3 Å². The van der Waals surface area contributed by atoms with Gasteiger partial charge in [-0.15, -0.1) is 11.3 Å². The van der Waals surface area contributed by atoms with E-state index >= 15 is 0 Å². The van der Waals surface area contributed by atoms with Crippen molar-refractivity contribution in [1.82, 2.24) is 9.88 Å². The van der Waals surface area contributed by atoms with Crippen LogP contribution in [0.5, 0.6) is 5.75 Å². The molecule has 1 aromatic carbocycles. The van der Waals surface area contributed by atoms with Gasteiger partial charge in [0.15, 0.2) is 6.29 Å². The molecular weight excluding hydrogens is 364 g/mol. The molecule has 0 spiro atoms. The number of carbonyl (C=O) groups is 1. The average Bonchev–Trinajstić information content (AvgIpc) is 3.41. The standard InChI is InChI=1S/C20H24N2O4S/c1-2-24-16-5-3-14(4-6-16)18-21-17(13-27-18)19(23)22-9-7-15(8-10-22)20-25-11-12-26-20/h3-6,13,15,20H,2,7-12H2,1H3. The first-order chi connectivity index (χ1) is 13.2. The number of hydrogen-bond acceptors (Lipinski definition) is 6. The molecule has 0 aliphatic carbocycles. The van der Waals surface area contributed by atoms with Gasteiger partial charge in [0, 0.05) is 30.0 Å². The molecule has 2 aliphatic rings. The molecule has 0 radical (unpaired) electrons. The summed E-state index contributed by atoms with van der Waals surface area (Å²) in [4.78, 5) is 19.3. The van der Waals surface area contributed by atoms with E-state index in [1.807, 2.05) is 41.5 Å². The highest BCUT2D eigenvalue weighted by molar-refractivity contribution is 7.13. The van der Waals surface area contributed by atoms with Gasteiger partial charge in [-0.1, -0.05) is 0 Å². The highest BCUT2D eigenvalue weighted by Gasteiger charge is 2.32. The van der Waals surface area contributed by atoms with Crippen molar-refractivity contribution >= 4 is 17.2 Å². The monoisotopic (exact) mass is 388 g/mol. The van der Waals surface area contributed by atoms with E-state index in [1.54, 1.807) is 0 Å². The number of ether oxygens (including phenoxy) is 3. The largest absolute Gasteiger partial charge is 0.494 e. The zero-order valence-corrected chi connectivity index (χ0v) is 16.2. The van der Waals surface area contributed by atoms with Crippen molar-refractivity contribution in [3.8, 4) is 16.3 Å². The maximum atomic E-state index is 12.8. The molecule has 2 aromatic rings. The Kier molecular flexibility index (Phi) is 5.71. The minimum absolute atomic E-state index is 0.00939. The van der Waals surface area contributed by atoms with Crippen molar-refractivity contribution in [2.45, 2.75) is 26.1 Å². The van der Waals surface area contributed by atoms with E-state index in [2.05, 4.69) is 4.98 Å². The Morgan fingerprint density at radius 2 is 1.93 bits per heavy atom. The molecule has 2 saturated heterocycles. The normalized spacial score (nSPS) is 18.8. The van der Waals surface area contributed by atoms with Gasteiger partial charge in [-0.25, -0.2) is 4.98 Å². The summed E-state index contributed by atoms with van der Waals surface area (Å²) in [5, 5.41) is 2.70. The van der Waals surface area contributed by atoms with Crippen molar-refractivity contribution in [2.24, 2.45) is 5.92 Å². The minimum Gasteiger partial charge on any atom is -0.494 e. The van der Waals surface area contributed by atoms with Gasteiger partial charge < -0.3 is 19.1 Å². The molecule has 0 bridgehead atoms. The second kappa shape index (κ2) is 8.37. The van der Waals surface area contributed by atoms with Gasteiger partial charge in [0.2, 0.25) is 0 Å². The number of benzene rings is 1. The van der Waals surface area contributed by atoms with Crippen LogP contribution >= 0.6 is 11.3 Å². The SMILES string of the molecule is CCOc1ccc(-c2nc(C(=O)N3CCC(C4OCCO4)CC3)cs2)cc1. The molecule has 7 heteroatoms. The second-order valence-electron chi connectivity index (χ2n) is 6.73. The molecule has 0 N–H and O–H groups in total. The Labute approximate surface area is 163 Å². The first-order valence-electron chi connectivity index (χ1n) is 9.46. The zero-order valence-electron chi connectivity index (χ0n) is 15.4. The second-order valence-corrected chi connectivity index (χ2v) is 7.59. The third-order valence-electron chi connectivity index (χ3n) is 4.99. The Morgan fingerprint density at radius 1 is 1.22 bits per heavy atom. The lowest BCUT2D eigenvalue weighted by atomic mass is 9.96. The summed E-state index contributed by atoms with van der Waals surface area (Å²) in [5.74, 6) is 1.23. The summed E-state index contributed by atoms with van der Waals surface area (Å²) in [6, 6.07) is 7.82. The van der Waals surface area contributed by atoms with Crippen molar-refractivity contribution in [3.05, 3.63) is 35.3 Å². The van der Waals surface area contributed by atoms with Crippen LogP contribution in [0.1, 0.15) is 30.3 Å². The molecule has 0 unspecified atom stereocenters. The van der Waals surface area contributed by atoms with Gasteiger partial charge in [0.25, 0.3) is 5.91 Å². The molecule has 0 atom stereocenters. The molecule has 144 valence electrons. The number of thiazole rings is 1. The van der Waals surface area contributed by atoms with Crippen LogP contribution in [0.15, 0.2) is 29.6 Å². The van der Waals surface area contributed by atoms with Gasteiger partial charge in [-0.2, -0.15) is 0 Å². The van der Waals surface area contributed by atoms with Gasteiger partial charge in [-0.05, 0) is 44.0 Å². The van der Waals surface area contributed by atoms with Gasteiger partial charge in [0.05, 0.1) is 19.8 Å². The Hall–Kier alpha value is -1.96. The van der Waals surface area contributed by atoms with Crippen LogP contribution in [0, 0.1) is 5.92 Å². The van der Waals surface area contributed by atoms with Crippen LogP contribution in [0.2, 0.25) is 0 Å². The van der Waals surface area contributed by atoms with Crippen molar-refractivity contribution in [3.63, 3.8) is 0 Å². The molecule has 2 aliphatic heterocycles. The predicted molar refractivity (Wildman–Crippen MR) is 103 cm³/mol. The minimum atomic E-state index is -0.0900. The third kappa shape index (κ3) is 4.15. The zero-order chi connectivity index (χ0) is 18.6. The number of likely N-dealkylation sites (tertiary alicyclic amines) is 1. The summed E-state index contributed by atoms with van der Waals surface area (Å²) in [6.45, 7) is 5.41. The predicted octanol–water partition coefficient (Wildman–Crippen LogP) is 3.43. The summed E-state index contributed by atoms with van der Waals surface area (Å²) < 4.78 is 16.7. The van der Waals surface area contributed by atoms with E-state index in [-0.39, 0.29) is 12.2 Å². The molecular formula is C20H24N2O4S. The van der Waals surface area contributed by atoms with Crippen LogP contribution in [0.4, 0.5) is 0 Å². The summed E-state index contributed by atoms with van der Waals surface area (Å²) in [5.41, 5.74) is 1.52. The van der Waals surface area contributed by atoms with Gasteiger partial charge >= 0.3 is 0 Å². The lowest BCUT2D eigenvalue weighted by Crippen LogP contribution is -2.41. The number of nitrogens with zero attached hydrogens (tertiary/aromatic N) is 2. The summed E-state index contributed by atoms with van der Waals surface area (Å²) >= 11 is 1.50. The quantitative estimate of drug-likeness (QED) is 0.785. The number of hydrogen-bond donors (Lipinski definition) is 0.